The minimum absolute atomic E-state index is 0.145. The van der Waals surface area contributed by atoms with E-state index in [-0.39, 0.29) is 23.0 Å². The van der Waals surface area contributed by atoms with Crippen molar-refractivity contribution in [2.75, 3.05) is 5.32 Å². The first-order valence-corrected chi connectivity index (χ1v) is 6.84. The second kappa shape index (κ2) is 5.99. The smallest absolute Gasteiger partial charge is 0.248 e. The van der Waals surface area contributed by atoms with E-state index in [4.69, 9.17) is 0 Å². The van der Waals surface area contributed by atoms with Crippen LogP contribution in [0.15, 0.2) is 43.0 Å². The molecule has 1 atom stereocenters. The predicted octanol–water partition coefficient (Wildman–Crippen LogP) is 2.75. The fraction of sp³-hybridized carbons (Fsp3) is 0.133. The lowest BCUT2D eigenvalue weighted by Gasteiger charge is -2.11. The molecular weight excluding hydrogens is 304 g/mol. The number of hydrogen-bond donors (Lipinski definition) is 2. The summed E-state index contributed by atoms with van der Waals surface area (Å²) in [4.78, 5) is 16.0. The van der Waals surface area contributed by atoms with Crippen molar-refractivity contribution in [3.05, 3.63) is 54.6 Å². The zero-order valence-corrected chi connectivity index (χ0v) is 12.1. The van der Waals surface area contributed by atoms with Gasteiger partial charge in [-0.05, 0) is 19.1 Å². The van der Waals surface area contributed by atoms with Gasteiger partial charge in [0, 0.05) is 18.5 Å². The molecule has 0 aliphatic carbocycles. The van der Waals surface area contributed by atoms with E-state index < -0.39 is 17.7 Å². The number of nitrogens with one attached hydrogen (secondary N) is 2. The summed E-state index contributed by atoms with van der Waals surface area (Å²) in [6.45, 7) is 1.70. The van der Waals surface area contributed by atoms with Crippen molar-refractivity contribution in [3.63, 3.8) is 0 Å². The van der Waals surface area contributed by atoms with Crippen molar-refractivity contribution in [1.82, 2.24) is 19.7 Å². The maximum Gasteiger partial charge on any atom is 0.248 e. The highest BCUT2D eigenvalue weighted by Gasteiger charge is 2.17. The summed E-state index contributed by atoms with van der Waals surface area (Å²) in [5.74, 6) is -1.56. The van der Waals surface area contributed by atoms with Crippen LogP contribution in [0.25, 0.3) is 11.3 Å². The molecule has 6 nitrogen and oxygen atoms in total. The number of rotatable bonds is 4. The number of H-pyrrole nitrogens is 1. The van der Waals surface area contributed by atoms with E-state index in [1.54, 1.807) is 23.9 Å². The van der Waals surface area contributed by atoms with Crippen LogP contribution in [0.5, 0.6) is 0 Å². The van der Waals surface area contributed by atoms with Gasteiger partial charge in [-0.15, -0.1) is 0 Å². The first-order chi connectivity index (χ1) is 11.1. The van der Waals surface area contributed by atoms with Gasteiger partial charge in [-0.1, -0.05) is 6.07 Å². The van der Waals surface area contributed by atoms with Crippen molar-refractivity contribution in [3.8, 4) is 11.3 Å². The summed E-state index contributed by atoms with van der Waals surface area (Å²) >= 11 is 0. The first kappa shape index (κ1) is 14.9. The molecule has 1 aromatic carbocycles. The molecule has 2 aromatic heterocycles. The van der Waals surface area contributed by atoms with Gasteiger partial charge in [-0.3, -0.25) is 9.89 Å². The largest absolute Gasteiger partial charge is 0.325 e. The third kappa shape index (κ3) is 2.96. The maximum atomic E-state index is 13.7. The van der Waals surface area contributed by atoms with Crippen LogP contribution in [0.2, 0.25) is 0 Å². The molecule has 0 aliphatic rings. The number of amides is 1. The van der Waals surface area contributed by atoms with E-state index in [0.29, 0.717) is 0 Å². The van der Waals surface area contributed by atoms with Gasteiger partial charge in [0.05, 0.1) is 17.6 Å². The molecule has 8 heteroatoms. The molecule has 0 bridgehead atoms. The van der Waals surface area contributed by atoms with Gasteiger partial charge in [0.2, 0.25) is 5.91 Å². The lowest BCUT2D eigenvalue weighted by Crippen LogP contribution is -2.23. The van der Waals surface area contributed by atoms with Crippen LogP contribution in [0.4, 0.5) is 14.6 Å². The van der Waals surface area contributed by atoms with E-state index in [1.165, 1.54) is 18.5 Å². The molecule has 0 saturated heterocycles. The summed E-state index contributed by atoms with van der Waals surface area (Å²) in [7, 11) is 0. The number of aromatic amines is 1. The maximum absolute atomic E-state index is 13.7. The number of benzene rings is 1. The first-order valence-electron chi connectivity index (χ1n) is 6.84. The lowest BCUT2D eigenvalue weighted by molar-refractivity contribution is -0.118. The van der Waals surface area contributed by atoms with Gasteiger partial charge >= 0.3 is 0 Å². The van der Waals surface area contributed by atoms with Crippen molar-refractivity contribution in [2.45, 2.75) is 13.0 Å². The molecule has 0 fully saturated rings. The summed E-state index contributed by atoms with van der Waals surface area (Å²) in [5, 5.41) is 8.97. The highest BCUT2D eigenvalue weighted by molar-refractivity contribution is 5.93. The highest BCUT2D eigenvalue weighted by atomic mass is 19.1. The molecule has 0 radical (unpaired) electrons. The molecule has 118 valence electrons. The summed E-state index contributed by atoms with van der Waals surface area (Å²) in [5.41, 5.74) is -0.0747. The van der Waals surface area contributed by atoms with Gasteiger partial charge in [0.25, 0.3) is 0 Å². The molecule has 2 N–H and O–H groups in total. The van der Waals surface area contributed by atoms with E-state index in [0.717, 1.165) is 12.1 Å². The molecule has 23 heavy (non-hydrogen) atoms. The van der Waals surface area contributed by atoms with E-state index in [1.807, 2.05) is 0 Å². The number of anilines is 1. The standard InChI is InChI=1S/C15H13F2N5O/c1-9(22-6-5-18-8-22)15(23)19-13-7-12(20-21-13)14-10(16)3-2-4-11(14)17/h2-9H,1H3,(H2,19,20,21,23)/t9-/m0/s1. The van der Waals surface area contributed by atoms with Crippen molar-refractivity contribution in [1.29, 1.82) is 0 Å². The molecular formula is C15H13F2N5O. The van der Waals surface area contributed by atoms with Crippen molar-refractivity contribution >= 4 is 11.7 Å². The zero-order chi connectivity index (χ0) is 16.4. The molecule has 0 saturated carbocycles. The number of hydrogen-bond acceptors (Lipinski definition) is 3. The minimum Gasteiger partial charge on any atom is -0.325 e. The average molecular weight is 317 g/mol. The Bertz CT molecular complexity index is 808. The summed E-state index contributed by atoms with van der Waals surface area (Å²) < 4.78 is 29.1. The third-order valence-corrected chi connectivity index (χ3v) is 3.41. The van der Waals surface area contributed by atoms with Crippen LogP contribution in [-0.4, -0.2) is 25.7 Å². The SMILES string of the molecule is C[C@@H](C(=O)Nc1cc(-c2c(F)cccc2F)[nH]n1)n1ccnc1. The Hall–Kier alpha value is -3.03. The number of imidazole rings is 1. The Morgan fingerprint density at radius 3 is 2.74 bits per heavy atom. The monoisotopic (exact) mass is 317 g/mol. The van der Waals surface area contributed by atoms with Crippen molar-refractivity contribution in [2.24, 2.45) is 0 Å². The van der Waals surface area contributed by atoms with Gasteiger partial charge in [0.1, 0.15) is 17.7 Å². The Kier molecular flexibility index (Phi) is 3.88. The Balaban J connectivity index is 1.79. The van der Waals surface area contributed by atoms with Crippen LogP contribution in [0.3, 0.4) is 0 Å². The minimum atomic E-state index is -0.710. The zero-order valence-electron chi connectivity index (χ0n) is 12.1. The molecule has 3 rings (SSSR count). The van der Waals surface area contributed by atoms with Gasteiger partial charge in [-0.25, -0.2) is 13.8 Å². The molecule has 0 aliphatic heterocycles. The predicted molar refractivity (Wildman–Crippen MR) is 79.5 cm³/mol. The van der Waals surface area contributed by atoms with Crippen LogP contribution < -0.4 is 5.32 Å². The number of nitrogens with zero attached hydrogens (tertiary/aromatic N) is 3. The number of halogens is 2. The molecule has 2 heterocycles. The Morgan fingerprint density at radius 2 is 2.09 bits per heavy atom. The number of carbonyl (C=O) groups is 1. The quantitative estimate of drug-likeness (QED) is 0.777. The van der Waals surface area contributed by atoms with Gasteiger partial charge in [-0.2, -0.15) is 5.10 Å². The summed E-state index contributed by atoms with van der Waals surface area (Å²) in [6.07, 6.45) is 4.75. The van der Waals surface area contributed by atoms with Gasteiger partial charge < -0.3 is 9.88 Å². The fourth-order valence-electron chi connectivity index (χ4n) is 2.13. The topological polar surface area (TPSA) is 75.6 Å². The highest BCUT2D eigenvalue weighted by Crippen LogP contribution is 2.26. The Labute approximate surface area is 130 Å². The number of aromatic nitrogens is 4. The Morgan fingerprint density at radius 1 is 1.35 bits per heavy atom. The third-order valence-electron chi connectivity index (χ3n) is 3.41. The van der Waals surface area contributed by atoms with Crippen LogP contribution in [0.1, 0.15) is 13.0 Å². The molecule has 3 aromatic rings. The molecule has 0 unspecified atom stereocenters. The van der Waals surface area contributed by atoms with E-state index >= 15 is 0 Å². The van der Waals surface area contributed by atoms with E-state index in [2.05, 4.69) is 20.5 Å². The second-order valence-electron chi connectivity index (χ2n) is 4.94. The second-order valence-corrected chi connectivity index (χ2v) is 4.94. The van der Waals surface area contributed by atoms with E-state index in [9.17, 15) is 13.6 Å². The average Bonchev–Trinajstić information content (AvgIpc) is 3.18. The normalized spacial score (nSPS) is 12.1. The summed E-state index contributed by atoms with van der Waals surface area (Å²) in [6, 6.07) is 4.46. The van der Waals surface area contributed by atoms with Crippen LogP contribution in [-0.2, 0) is 4.79 Å². The van der Waals surface area contributed by atoms with Gasteiger partial charge in [0.15, 0.2) is 5.82 Å². The van der Waals surface area contributed by atoms with Crippen LogP contribution >= 0.6 is 0 Å². The fourth-order valence-corrected chi connectivity index (χ4v) is 2.13. The van der Waals surface area contributed by atoms with Crippen LogP contribution in [0, 0.1) is 11.6 Å². The lowest BCUT2D eigenvalue weighted by atomic mass is 10.1. The number of carbonyl (C=O) groups excluding carboxylic acids is 1. The van der Waals surface area contributed by atoms with Crippen molar-refractivity contribution < 1.29 is 13.6 Å². The molecule has 1 amide bonds. The molecule has 0 spiro atoms.